The van der Waals surface area contributed by atoms with Crippen molar-refractivity contribution in [2.45, 2.75) is 24.2 Å². The van der Waals surface area contributed by atoms with E-state index in [1.54, 1.807) is 12.1 Å². The van der Waals surface area contributed by atoms with Gasteiger partial charge in [-0.15, -0.1) is 0 Å². The maximum absolute atomic E-state index is 12.6. The number of rotatable bonds is 4. The highest BCUT2D eigenvalue weighted by molar-refractivity contribution is 7.90. The zero-order valence-electron chi connectivity index (χ0n) is 15.5. The van der Waals surface area contributed by atoms with Gasteiger partial charge in [0.25, 0.3) is 15.9 Å². The summed E-state index contributed by atoms with van der Waals surface area (Å²) in [5.41, 5.74) is 3.41. The fourth-order valence-corrected chi connectivity index (χ4v) is 5.79. The largest absolute Gasteiger partial charge is 0.325 e. The molecule has 0 radical (unpaired) electrons. The van der Waals surface area contributed by atoms with Gasteiger partial charge in [0, 0.05) is 24.0 Å². The number of nitrogens with zero attached hydrogens (tertiary/aromatic N) is 1. The van der Waals surface area contributed by atoms with Gasteiger partial charge < -0.3 is 5.32 Å². The van der Waals surface area contributed by atoms with Crippen LogP contribution in [0.1, 0.15) is 27.9 Å². The fraction of sp³-hybridized carbons (Fsp3) is 0.182. The molecule has 5 rings (SSSR count). The van der Waals surface area contributed by atoms with Gasteiger partial charge in [-0.3, -0.25) is 9.59 Å². The average Bonchev–Trinajstić information content (AvgIpc) is 3.22. The van der Waals surface area contributed by atoms with Gasteiger partial charge in [-0.2, -0.15) is 0 Å². The summed E-state index contributed by atoms with van der Waals surface area (Å²) in [7, 11) is -3.90. The van der Waals surface area contributed by atoms with E-state index in [0.717, 1.165) is 22.5 Å². The van der Waals surface area contributed by atoms with Gasteiger partial charge in [0.1, 0.15) is 4.90 Å². The molecule has 29 heavy (non-hydrogen) atoms. The Morgan fingerprint density at radius 1 is 0.966 bits per heavy atom. The lowest BCUT2D eigenvalue weighted by atomic mass is 10.0. The SMILES string of the molecule is O=C(CCN1C(=O)c2ccccc2S1(=O)=O)Nc1ccc2c3c(cccc13)CC2. The van der Waals surface area contributed by atoms with Crippen LogP contribution in [-0.2, 0) is 27.7 Å². The molecule has 6 nitrogen and oxygen atoms in total. The van der Waals surface area contributed by atoms with Crippen molar-refractivity contribution in [2.75, 3.05) is 11.9 Å². The lowest BCUT2D eigenvalue weighted by molar-refractivity contribution is -0.116. The summed E-state index contributed by atoms with van der Waals surface area (Å²) < 4.78 is 26.0. The van der Waals surface area contributed by atoms with Gasteiger partial charge in [-0.25, -0.2) is 12.7 Å². The lowest BCUT2D eigenvalue weighted by Gasteiger charge is -2.15. The summed E-state index contributed by atoms with van der Waals surface area (Å²) in [6.07, 6.45) is 1.89. The van der Waals surface area contributed by atoms with E-state index < -0.39 is 15.9 Å². The van der Waals surface area contributed by atoms with Gasteiger partial charge in [0.2, 0.25) is 5.91 Å². The van der Waals surface area contributed by atoms with Crippen LogP contribution in [0.3, 0.4) is 0 Å². The number of sulfonamides is 1. The van der Waals surface area contributed by atoms with Crippen LogP contribution in [0.5, 0.6) is 0 Å². The van der Waals surface area contributed by atoms with Crippen LogP contribution in [-0.4, -0.2) is 31.1 Å². The summed E-state index contributed by atoms with van der Waals surface area (Å²) >= 11 is 0. The lowest BCUT2D eigenvalue weighted by Crippen LogP contribution is -2.33. The van der Waals surface area contributed by atoms with Crippen LogP contribution in [0.25, 0.3) is 10.8 Å². The molecule has 1 aliphatic carbocycles. The Labute approximate surface area is 168 Å². The minimum absolute atomic E-state index is 0.00193. The molecule has 3 aromatic carbocycles. The van der Waals surface area contributed by atoms with E-state index in [0.29, 0.717) is 5.69 Å². The second-order valence-electron chi connectivity index (χ2n) is 7.29. The highest BCUT2D eigenvalue weighted by Gasteiger charge is 2.40. The van der Waals surface area contributed by atoms with Crippen LogP contribution in [0.2, 0.25) is 0 Å². The van der Waals surface area contributed by atoms with Gasteiger partial charge in [0.05, 0.1) is 5.56 Å². The van der Waals surface area contributed by atoms with E-state index in [-0.39, 0.29) is 29.3 Å². The maximum atomic E-state index is 12.6. The number of hydrogen-bond acceptors (Lipinski definition) is 4. The van der Waals surface area contributed by atoms with Crippen molar-refractivity contribution < 1.29 is 18.0 Å². The van der Waals surface area contributed by atoms with Crippen molar-refractivity contribution >= 4 is 38.3 Å². The molecule has 1 heterocycles. The number of aryl methyl sites for hydroxylation is 2. The zero-order valence-corrected chi connectivity index (χ0v) is 16.3. The number of hydrogen-bond donors (Lipinski definition) is 1. The molecule has 2 amide bonds. The summed E-state index contributed by atoms with van der Waals surface area (Å²) in [4.78, 5) is 25.0. The molecule has 0 saturated carbocycles. The van der Waals surface area contributed by atoms with E-state index in [4.69, 9.17) is 0 Å². The minimum Gasteiger partial charge on any atom is -0.325 e. The Hall–Kier alpha value is -3.19. The fourth-order valence-electron chi connectivity index (χ4n) is 4.22. The van der Waals surface area contributed by atoms with Crippen LogP contribution in [0, 0.1) is 0 Å². The monoisotopic (exact) mass is 406 g/mol. The van der Waals surface area contributed by atoms with Crippen molar-refractivity contribution in [1.29, 1.82) is 0 Å². The van der Waals surface area contributed by atoms with E-state index in [1.807, 2.05) is 24.3 Å². The van der Waals surface area contributed by atoms with Gasteiger partial charge in [-0.05, 0) is 47.6 Å². The first-order chi connectivity index (χ1) is 14.0. The number of benzene rings is 3. The molecule has 1 N–H and O–H groups in total. The van der Waals surface area contributed by atoms with E-state index in [1.165, 1.54) is 28.6 Å². The molecule has 0 unspecified atom stereocenters. The first kappa shape index (κ1) is 17.9. The number of nitrogens with one attached hydrogen (secondary N) is 1. The number of amides is 2. The smallest absolute Gasteiger partial charge is 0.269 e. The Balaban J connectivity index is 1.35. The van der Waals surface area contributed by atoms with Crippen molar-refractivity contribution in [3.63, 3.8) is 0 Å². The molecule has 0 fully saturated rings. The number of carbonyl (C=O) groups is 2. The molecule has 0 spiro atoms. The normalized spacial score (nSPS) is 16.3. The molecule has 1 aliphatic heterocycles. The van der Waals surface area contributed by atoms with Crippen molar-refractivity contribution in [3.8, 4) is 0 Å². The third kappa shape index (κ3) is 2.73. The summed E-state index contributed by atoms with van der Waals surface area (Å²) in [6, 6.07) is 16.1. The molecule has 146 valence electrons. The van der Waals surface area contributed by atoms with E-state index >= 15 is 0 Å². The molecule has 0 saturated heterocycles. The van der Waals surface area contributed by atoms with Gasteiger partial charge in [0.15, 0.2) is 0 Å². The van der Waals surface area contributed by atoms with Crippen molar-refractivity contribution in [1.82, 2.24) is 4.31 Å². The predicted octanol–water partition coefficient (Wildman–Crippen LogP) is 3.11. The van der Waals surface area contributed by atoms with Crippen molar-refractivity contribution in [2.24, 2.45) is 0 Å². The molecule has 0 atom stereocenters. The number of fused-ring (bicyclic) bond motifs is 1. The first-order valence-corrected chi connectivity index (χ1v) is 10.9. The predicted molar refractivity (Wildman–Crippen MR) is 109 cm³/mol. The Kier molecular flexibility index (Phi) is 3.96. The number of anilines is 1. The van der Waals surface area contributed by atoms with E-state index in [9.17, 15) is 18.0 Å². The summed E-state index contributed by atoms with van der Waals surface area (Å²) in [5.74, 6) is -0.915. The first-order valence-electron chi connectivity index (χ1n) is 9.46. The minimum atomic E-state index is -3.90. The molecular formula is C22H18N2O4S. The van der Waals surface area contributed by atoms with Crippen LogP contribution >= 0.6 is 0 Å². The van der Waals surface area contributed by atoms with Crippen molar-refractivity contribution in [3.05, 3.63) is 71.3 Å². The van der Waals surface area contributed by atoms with Crippen LogP contribution < -0.4 is 5.32 Å². The summed E-state index contributed by atoms with van der Waals surface area (Å²) in [6.45, 7) is -0.192. The second-order valence-corrected chi connectivity index (χ2v) is 9.12. The quantitative estimate of drug-likeness (QED) is 0.722. The van der Waals surface area contributed by atoms with Crippen LogP contribution in [0.4, 0.5) is 5.69 Å². The molecule has 2 aliphatic rings. The standard InChI is InChI=1S/C22H18N2O4S/c25-20(12-13-24-22(26)17-5-1-2-7-19(17)29(24,27)28)23-18-11-10-15-9-8-14-4-3-6-16(18)21(14)15/h1-7,10-11H,8-9,12-13H2,(H,23,25). The topological polar surface area (TPSA) is 83.6 Å². The third-order valence-corrected chi connectivity index (χ3v) is 7.45. The van der Waals surface area contributed by atoms with E-state index in [2.05, 4.69) is 11.4 Å². The zero-order chi connectivity index (χ0) is 20.2. The van der Waals surface area contributed by atoms with Gasteiger partial charge >= 0.3 is 0 Å². The Morgan fingerprint density at radius 2 is 1.72 bits per heavy atom. The second kappa shape index (κ2) is 6.42. The molecule has 0 bridgehead atoms. The Bertz CT molecular complexity index is 1290. The third-order valence-electron chi connectivity index (χ3n) is 5.60. The number of carbonyl (C=O) groups excluding carboxylic acids is 2. The van der Waals surface area contributed by atoms with Gasteiger partial charge in [-0.1, -0.05) is 36.4 Å². The molecular weight excluding hydrogens is 388 g/mol. The molecule has 0 aromatic heterocycles. The summed E-state index contributed by atoms with van der Waals surface area (Å²) in [5, 5.41) is 5.06. The highest BCUT2D eigenvalue weighted by Crippen LogP contribution is 2.35. The Morgan fingerprint density at radius 3 is 2.52 bits per heavy atom. The average molecular weight is 406 g/mol. The van der Waals surface area contributed by atoms with Crippen LogP contribution in [0.15, 0.2) is 59.5 Å². The molecule has 7 heteroatoms. The maximum Gasteiger partial charge on any atom is 0.269 e. The highest BCUT2D eigenvalue weighted by atomic mass is 32.2. The molecule has 3 aromatic rings.